The summed E-state index contributed by atoms with van der Waals surface area (Å²) in [6.45, 7) is 0. The Hall–Kier alpha value is -2.25. The SMILES string of the molecule is O=C(O)c1ccnc(NC(=O)c2cc(Cl)nnc2Cl)c1. The van der Waals surface area contributed by atoms with E-state index < -0.39 is 11.9 Å². The lowest BCUT2D eigenvalue weighted by Crippen LogP contribution is -2.15. The van der Waals surface area contributed by atoms with Crippen LogP contribution in [0.3, 0.4) is 0 Å². The average Bonchev–Trinajstić information content (AvgIpc) is 2.41. The van der Waals surface area contributed by atoms with E-state index in [2.05, 4.69) is 20.5 Å². The summed E-state index contributed by atoms with van der Waals surface area (Å²) in [5.74, 6) is -1.68. The quantitative estimate of drug-likeness (QED) is 0.899. The summed E-state index contributed by atoms with van der Waals surface area (Å²) in [6.07, 6.45) is 1.26. The lowest BCUT2D eigenvalue weighted by molar-refractivity contribution is 0.0696. The van der Waals surface area contributed by atoms with Crippen molar-refractivity contribution in [2.45, 2.75) is 0 Å². The zero-order valence-electron chi connectivity index (χ0n) is 9.67. The summed E-state index contributed by atoms with van der Waals surface area (Å²) in [6, 6.07) is 3.76. The lowest BCUT2D eigenvalue weighted by Gasteiger charge is -2.06. The Morgan fingerprint density at radius 2 is 1.95 bits per heavy atom. The van der Waals surface area contributed by atoms with Crippen LogP contribution in [0.5, 0.6) is 0 Å². The Bertz CT molecular complexity index is 693. The molecule has 2 rings (SSSR count). The predicted octanol–water partition coefficient (Wildman–Crippen LogP) is 2.13. The van der Waals surface area contributed by atoms with Gasteiger partial charge in [0.2, 0.25) is 0 Å². The molecular weight excluding hydrogens is 307 g/mol. The summed E-state index contributed by atoms with van der Waals surface area (Å²) < 4.78 is 0. The minimum atomic E-state index is -1.13. The number of carbonyl (C=O) groups excluding carboxylic acids is 1. The Morgan fingerprint density at radius 3 is 2.65 bits per heavy atom. The number of carboxylic acids is 1. The number of hydrogen-bond acceptors (Lipinski definition) is 5. The Kier molecular flexibility index (Phi) is 4.11. The van der Waals surface area contributed by atoms with E-state index in [-0.39, 0.29) is 27.3 Å². The normalized spacial score (nSPS) is 10.1. The molecule has 2 N–H and O–H groups in total. The molecule has 102 valence electrons. The molecule has 0 aromatic carbocycles. The van der Waals surface area contributed by atoms with Gasteiger partial charge in [0.25, 0.3) is 5.91 Å². The highest BCUT2D eigenvalue weighted by Gasteiger charge is 2.14. The molecule has 0 spiro atoms. The van der Waals surface area contributed by atoms with Crippen LogP contribution in [0.25, 0.3) is 0 Å². The summed E-state index contributed by atoms with van der Waals surface area (Å²) in [5.41, 5.74) is 0.00137. The Morgan fingerprint density at radius 1 is 1.20 bits per heavy atom. The van der Waals surface area contributed by atoms with Gasteiger partial charge in [-0.15, -0.1) is 10.2 Å². The van der Waals surface area contributed by atoms with Gasteiger partial charge in [-0.3, -0.25) is 4.79 Å². The van der Waals surface area contributed by atoms with Gasteiger partial charge in [-0.05, 0) is 18.2 Å². The van der Waals surface area contributed by atoms with Crippen LogP contribution in [0.2, 0.25) is 10.3 Å². The fraction of sp³-hybridized carbons (Fsp3) is 0. The number of halogens is 2. The van der Waals surface area contributed by atoms with Crippen LogP contribution in [0.15, 0.2) is 24.4 Å². The minimum Gasteiger partial charge on any atom is -0.478 e. The molecule has 0 atom stereocenters. The molecule has 0 radical (unpaired) electrons. The van der Waals surface area contributed by atoms with Gasteiger partial charge in [-0.1, -0.05) is 23.2 Å². The second-order valence-corrected chi connectivity index (χ2v) is 4.31. The molecule has 7 nitrogen and oxygen atoms in total. The van der Waals surface area contributed by atoms with Gasteiger partial charge < -0.3 is 10.4 Å². The van der Waals surface area contributed by atoms with Crippen LogP contribution in [-0.4, -0.2) is 32.2 Å². The fourth-order valence-electron chi connectivity index (χ4n) is 1.33. The summed E-state index contributed by atoms with van der Waals surface area (Å²) in [4.78, 5) is 26.6. The number of amides is 1. The maximum absolute atomic E-state index is 12.0. The zero-order valence-corrected chi connectivity index (χ0v) is 11.2. The standard InChI is InChI=1S/C11H6Cl2N4O3/c12-7-4-6(9(13)17-16-7)10(18)15-8-3-5(11(19)20)1-2-14-8/h1-4H,(H,19,20)(H,14,15,18). The average molecular weight is 313 g/mol. The van der Waals surface area contributed by atoms with Crippen molar-refractivity contribution in [1.29, 1.82) is 0 Å². The van der Waals surface area contributed by atoms with E-state index >= 15 is 0 Å². The van der Waals surface area contributed by atoms with E-state index in [1.165, 1.54) is 24.4 Å². The van der Waals surface area contributed by atoms with Crippen LogP contribution < -0.4 is 5.32 Å². The summed E-state index contributed by atoms with van der Waals surface area (Å²) in [7, 11) is 0. The molecule has 2 heterocycles. The Labute approximate surface area is 122 Å². The van der Waals surface area contributed by atoms with E-state index in [0.29, 0.717) is 0 Å². The first-order valence-electron chi connectivity index (χ1n) is 5.17. The minimum absolute atomic E-state index is 0.00629. The number of aromatic carboxylic acids is 1. The van der Waals surface area contributed by atoms with E-state index in [1.807, 2.05) is 0 Å². The molecule has 0 aliphatic rings. The highest BCUT2D eigenvalue weighted by Crippen LogP contribution is 2.17. The van der Waals surface area contributed by atoms with Crippen molar-refractivity contribution in [3.8, 4) is 0 Å². The zero-order chi connectivity index (χ0) is 14.7. The first kappa shape index (κ1) is 14.2. The Balaban J connectivity index is 2.25. The number of anilines is 1. The van der Waals surface area contributed by atoms with E-state index in [0.717, 1.165) is 0 Å². The van der Waals surface area contributed by atoms with Gasteiger partial charge in [0.05, 0.1) is 11.1 Å². The van der Waals surface area contributed by atoms with Gasteiger partial charge in [0, 0.05) is 6.20 Å². The topological polar surface area (TPSA) is 105 Å². The molecule has 0 saturated heterocycles. The molecule has 0 unspecified atom stereocenters. The van der Waals surface area contributed by atoms with Crippen molar-refractivity contribution in [3.05, 3.63) is 45.8 Å². The monoisotopic (exact) mass is 312 g/mol. The highest BCUT2D eigenvalue weighted by atomic mass is 35.5. The van der Waals surface area contributed by atoms with E-state index in [9.17, 15) is 9.59 Å². The number of aromatic nitrogens is 3. The van der Waals surface area contributed by atoms with Crippen LogP contribution in [0, 0.1) is 0 Å². The number of carbonyl (C=O) groups is 2. The second-order valence-electron chi connectivity index (χ2n) is 3.56. The number of nitrogens with zero attached hydrogens (tertiary/aromatic N) is 3. The lowest BCUT2D eigenvalue weighted by atomic mass is 10.2. The van der Waals surface area contributed by atoms with Crippen molar-refractivity contribution in [3.63, 3.8) is 0 Å². The summed E-state index contributed by atoms with van der Waals surface area (Å²) in [5, 5.41) is 18.1. The molecule has 9 heteroatoms. The van der Waals surface area contributed by atoms with Crippen molar-refractivity contribution in [2.75, 3.05) is 5.32 Å². The van der Waals surface area contributed by atoms with Crippen LogP contribution in [0.4, 0.5) is 5.82 Å². The maximum atomic E-state index is 12.0. The van der Waals surface area contributed by atoms with Gasteiger partial charge in [-0.25, -0.2) is 9.78 Å². The molecule has 0 bridgehead atoms. The molecule has 0 aliphatic carbocycles. The largest absolute Gasteiger partial charge is 0.478 e. The van der Waals surface area contributed by atoms with Crippen LogP contribution in [-0.2, 0) is 0 Å². The highest BCUT2D eigenvalue weighted by molar-refractivity contribution is 6.34. The molecule has 0 aliphatic heterocycles. The molecule has 0 fully saturated rings. The maximum Gasteiger partial charge on any atom is 0.335 e. The van der Waals surface area contributed by atoms with Crippen molar-refractivity contribution < 1.29 is 14.7 Å². The van der Waals surface area contributed by atoms with Gasteiger partial charge >= 0.3 is 5.97 Å². The first-order chi connectivity index (χ1) is 9.47. The van der Waals surface area contributed by atoms with E-state index in [1.54, 1.807) is 0 Å². The number of rotatable bonds is 3. The van der Waals surface area contributed by atoms with Crippen molar-refractivity contribution >= 4 is 40.9 Å². The van der Waals surface area contributed by atoms with Crippen molar-refractivity contribution in [1.82, 2.24) is 15.2 Å². The van der Waals surface area contributed by atoms with Crippen molar-refractivity contribution in [2.24, 2.45) is 0 Å². The molecule has 1 amide bonds. The second kappa shape index (κ2) is 5.81. The number of pyridine rings is 1. The molecule has 0 saturated carbocycles. The number of hydrogen-bond donors (Lipinski definition) is 2. The third-order valence-corrected chi connectivity index (χ3v) is 2.68. The van der Waals surface area contributed by atoms with E-state index in [4.69, 9.17) is 28.3 Å². The number of carboxylic acid groups (broad SMARTS) is 1. The third kappa shape index (κ3) is 3.19. The molecule has 2 aromatic rings. The molecular formula is C11H6Cl2N4O3. The smallest absolute Gasteiger partial charge is 0.335 e. The molecule has 2 aromatic heterocycles. The number of nitrogens with one attached hydrogen (secondary N) is 1. The summed E-state index contributed by atoms with van der Waals surface area (Å²) >= 11 is 11.4. The van der Waals surface area contributed by atoms with Crippen LogP contribution >= 0.6 is 23.2 Å². The van der Waals surface area contributed by atoms with Gasteiger partial charge in [0.15, 0.2) is 10.3 Å². The predicted molar refractivity (Wildman–Crippen MR) is 71.2 cm³/mol. The van der Waals surface area contributed by atoms with Gasteiger partial charge in [-0.2, -0.15) is 0 Å². The van der Waals surface area contributed by atoms with Crippen LogP contribution in [0.1, 0.15) is 20.7 Å². The molecule has 20 heavy (non-hydrogen) atoms. The fourth-order valence-corrected chi connectivity index (χ4v) is 1.65. The first-order valence-corrected chi connectivity index (χ1v) is 5.92. The third-order valence-electron chi connectivity index (χ3n) is 2.21. The van der Waals surface area contributed by atoms with Gasteiger partial charge in [0.1, 0.15) is 5.82 Å².